The number of ketones is 1. The third-order valence-electron chi connectivity index (χ3n) is 2.46. The van der Waals surface area contributed by atoms with Crippen LogP contribution in [0.3, 0.4) is 0 Å². The van der Waals surface area contributed by atoms with Gasteiger partial charge < -0.3 is 0 Å². The van der Waals surface area contributed by atoms with Gasteiger partial charge in [0.1, 0.15) is 0 Å². The molecule has 0 aromatic rings. The van der Waals surface area contributed by atoms with Crippen molar-refractivity contribution in [1.29, 1.82) is 0 Å². The Morgan fingerprint density at radius 2 is 2.00 bits per heavy atom. The summed E-state index contributed by atoms with van der Waals surface area (Å²) in [5.74, 6) is 0.829. The predicted molar refractivity (Wildman–Crippen MR) is 51.0 cm³/mol. The normalized spacial score (nSPS) is 18.2. The van der Waals surface area contributed by atoms with Gasteiger partial charge in [-0.2, -0.15) is 0 Å². The summed E-state index contributed by atoms with van der Waals surface area (Å²) >= 11 is 0. The van der Waals surface area contributed by atoms with Crippen molar-refractivity contribution in [1.82, 2.24) is 0 Å². The van der Waals surface area contributed by atoms with Gasteiger partial charge >= 0.3 is 0 Å². The maximum absolute atomic E-state index is 11.4. The third-order valence-corrected chi connectivity index (χ3v) is 2.46. The summed E-state index contributed by atoms with van der Waals surface area (Å²) < 4.78 is 0. The first-order chi connectivity index (χ1) is 5.66. The van der Waals surface area contributed by atoms with Crippen LogP contribution in [0.5, 0.6) is 0 Å². The second-order valence-corrected chi connectivity index (χ2v) is 3.85. The number of Topliss-reactive ketones (excluding diaryl/α,β-unsaturated/α-hetero) is 1. The van der Waals surface area contributed by atoms with E-state index in [9.17, 15) is 4.79 Å². The number of hydrogen-bond donors (Lipinski definition) is 0. The zero-order chi connectivity index (χ0) is 9.14. The Balaban J connectivity index is 2.82. The van der Waals surface area contributed by atoms with Crippen LogP contribution in [-0.2, 0) is 4.79 Å². The lowest BCUT2D eigenvalue weighted by Gasteiger charge is -2.08. The molecule has 1 rings (SSSR count). The monoisotopic (exact) mass is 166 g/mol. The Morgan fingerprint density at radius 3 is 2.50 bits per heavy atom. The number of carbonyl (C=O) groups excluding carboxylic acids is 1. The Morgan fingerprint density at radius 1 is 1.33 bits per heavy atom. The summed E-state index contributed by atoms with van der Waals surface area (Å²) in [6.07, 6.45) is 4.08. The van der Waals surface area contributed by atoms with Crippen LogP contribution in [0.25, 0.3) is 0 Å². The summed E-state index contributed by atoms with van der Waals surface area (Å²) in [6.45, 7) is 6.41. The molecule has 68 valence electrons. The Labute approximate surface area is 74.9 Å². The zero-order valence-electron chi connectivity index (χ0n) is 8.31. The van der Waals surface area contributed by atoms with Crippen LogP contribution in [0.4, 0.5) is 0 Å². The largest absolute Gasteiger partial charge is 0.295 e. The lowest BCUT2D eigenvalue weighted by molar-refractivity contribution is -0.115. The Bertz CT molecular complexity index is 211. The van der Waals surface area contributed by atoms with E-state index in [-0.39, 0.29) is 0 Å². The smallest absolute Gasteiger partial charge is 0.159 e. The summed E-state index contributed by atoms with van der Waals surface area (Å²) in [6, 6.07) is 0. The van der Waals surface area contributed by atoms with E-state index in [2.05, 4.69) is 20.8 Å². The molecule has 1 aliphatic rings. The van der Waals surface area contributed by atoms with E-state index < -0.39 is 0 Å². The average Bonchev–Trinajstić information content (AvgIpc) is 2.32. The van der Waals surface area contributed by atoms with Gasteiger partial charge in [0.25, 0.3) is 0 Å². The van der Waals surface area contributed by atoms with Gasteiger partial charge in [-0.1, -0.05) is 32.8 Å². The minimum atomic E-state index is 0.397. The van der Waals surface area contributed by atoms with Crippen LogP contribution < -0.4 is 0 Å². The van der Waals surface area contributed by atoms with Crippen molar-refractivity contribution >= 4 is 5.78 Å². The van der Waals surface area contributed by atoms with Crippen molar-refractivity contribution in [3.05, 3.63) is 11.1 Å². The number of carbonyl (C=O) groups is 1. The molecule has 0 aromatic heterocycles. The van der Waals surface area contributed by atoms with Crippen molar-refractivity contribution < 1.29 is 4.79 Å². The molecule has 12 heavy (non-hydrogen) atoms. The minimum Gasteiger partial charge on any atom is -0.295 e. The van der Waals surface area contributed by atoms with E-state index in [4.69, 9.17) is 0 Å². The molecule has 1 aliphatic carbocycles. The second-order valence-electron chi connectivity index (χ2n) is 3.85. The molecular formula is C11H18O. The molecule has 1 heteroatoms. The van der Waals surface area contributed by atoms with E-state index in [1.807, 2.05) is 0 Å². The molecule has 0 amide bonds. The quantitative estimate of drug-likeness (QED) is 0.629. The van der Waals surface area contributed by atoms with Gasteiger partial charge in [-0.15, -0.1) is 0 Å². The van der Waals surface area contributed by atoms with Gasteiger partial charge in [-0.25, -0.2) is 0 Å². The maximum atomic E-state index is 11.4. The van der Waals surface area contributed by atoms with Crippen molar-refractivity contribution in [2.45, 2.75) is 46.5 Å². The molecule has 0 N–H and O–H groups in total. The van der Waals surface area contributed by atoms with Gasteiger partial charge in [0.2, 0.25) is 0 Å². The number of allylic oxidation sites excluding steroid dienone is 2. The van der Waals surface area contributed by atoms with Crippen LogP contribution in [-0.4, -0.2) is 5.78 Å². The van der Waals surface area contributed by atoms with Gasteiger partial charge in [-0.3, -0.25) is 4.79 Å². The fraction of sp³-hybridized carbons (Fsp3) is 0.727. The van der Waals surface area contributed by atoms with Gasteiger partial charge in [-0.05, 0) is 24.3 Å². The molecule has 0 heterocycles. The number of rotatable bonds is 3. The first-order valence-corrected chi connectivity index (χ1v) is 4.92. The van der Waals surface area contributed by atoms with E-state index in [0.29, 0.717) is 11.7 Å². The van der Waals surface area contributed by atoms with Crippen LogP contribution in [0.2, 0.25) is 0 Å². The van der Waals surface area contributed by atoms with Gasteiger partial charge in [0, 0.05) is 6.42 Å². The summed E-state index contributed by atoms with van der Waals surface area (Å²) in [5.41, 5.74) is 2.56. The lowest BCUT2D eigenvalue weighted by Crippen LogP contribution is -2.03. The SMILES string of the molecule is CCCC1=C(C(C)C)C(=O)CC1. The number of hydrogen-bond acceptors (Lipinski definition) is 1. The minimum absolute atomic E-state index is 0.397. The molecular weight excluding hydrogens is 148 g/mol. The Hall–Kier alpha value is -0.590. The van der Waals surface area contributed by atoms with Crippen molar-refractivity contribution in [3.63, 3.8) is 0 Å². The molecule has 0 aliphatic heterocycles. The molecule has 0 spiro atoms. The molecule has 0 bridgehead atoms. The predicted octanol–water partition coefficient (Wildman–Crippen LogP) is 3.10. The topological polar surface area (TPSA) is 17.1 Å². The molecule has 0 atom stereocenters. The first-order valence-electron chi connectivity index (χ1n) is 4.92. The van der Waals surface area contributed by atoms with Crippen molar-refractivity contribution in [2.75, 3.05) is 0 Å². The highest BCUT2D eigenvalue weighted by Crippen LogP contribution is 2.31. The third kappa shape index (κ3) is 1.77. The lowest BCUT2D eigenvalue weighted by atomic mass is 9.97. The van der Waals surface area contributed by atoms with E-state index in [1.165, 1.54) is 12.0 Å². The standard InChI is InChI=1S/C11H18O/c1-4-5-9-6-7-10(12)11(9)8(2)3/h8H,4-7H2,1-3H3. The fourth-order valence-electron chi connectivity index (χ4n) is 2.02. The first kappa shape index (κ1) is 9.50. The van der Waals surface area contributed by atoms with Crippen molar-refractivity contribution in [2.24, 2.45) is 5.92 Å². The molecule has 0 fully saturated rings. The molecule has 1 nitrogen and oxygen atoms in total. The summed E-state index contributed by atoms with van der Waals surface area (Å²) in [5, 5.41) is 0. The van der Waals surface area contributed by atoms with Gasteiger partial charge in [0.15, 0.2) is 5.78 Å². The van der Waals surface area contributed by atoms with Crippen LogP contribution in [0, 0.1) is 5.92 Å². The maximum Gasteiger partial charge on any atom is 0.159 e. The summed E-state index contributed by atoms with van der Waals surface area (Å²) in [7, 11) is 0. The average molecular weight is 166 g/mol. The highest BCUT2D eigenvalue weighted by molar-refractivity contribution is 5.99. The highest BCUT2D eigenvalue weighted by Gasteiger charge is 2.23. The molecule has 0 saturated heterocycles. The van der Waals surface area contributed by atoms with E-state index in [0.717, 1.165) is 24.8 Å². The molecule has 0 radical (unpaired) electrons. The van der Waals surface area contributed by atoms with Crippen LogP contribution in [0.1, 0.15) is 46.5 Å². The van der Waals surface area contributed by atoms with Crippen LogP contribution in [0.15, 0.2) is 11.1 Å². The Kier molecular flexibility index (Phi) is 3.07. The second kappa shape index (κ2) is 3.88. The zero-order valence-corrected chi connectivity index (χ0v) is 8.31. The highest BCUT2D eigenvalue weighted by atomic mass is 16.1. The molecule has 0 saturated carbocycles. The van der Waals surface area contributed by atoms with Gasteiger partial charge in [0.05, 0.1) is 0 Å². The fourth-order valence-corrected chi connectivity index (χ4v) is 2.02. The summed E-state index contributed by atoms with van der Waals surface area (Å²) in [4.78, 5) is 11.4. The van der Waals surface area contributed by atoms with E-state index in [1.54, 1.807) is 0 Å². The van der Waals surface area contributed by atoms with Crippen LogP contribution >= 0.6 is 0 Å². The molecule has 0 aromatic carbocycles. The molecule has 0 unspecified atom stereocenters. The van der Waals surface area contributed by atoms with E-state index >= 15 is 0 Å². The van der Waals surface area contributed by atoms with Crippen molar-refractivity contribution in [3.8, 4) is 0 Å².